The molecule has 0 bridgehead atoms. The molecule has 0 fully saturated rings. The molecule has 0 unspecified atom stereocenters. The van der Waals surface area contributed by atoms with Crippen LogP contribution in [0.4, 0.5) is 13.2 Å². The molecule has 0 amide bonds. The fourth-order valence-electron chi connectivity index (χ4n) is 0.596. The van der Waals surface area contributed by atoms with Gasteiger partial charge in [0.25, 0.3) is 0 Å². The number of hydrogen-bond acceptors (Lipinski definition) is 2. The largest absolute Gasteiger partial charge is 0.435 e. The molecule has 0 N–H and O–H groups in total. The van der Waals surface area contributed by atoms with Crippen LogP contribution in [0.2, 0.25) is 0 Å². The Kier molecular flexibility index (Phi) is 1.87. The van der Waals surface area contributed by atoms with Crippen molar-refractivity contribution in [1.29, 1.82) is 0 Å². The van der Waals surface area contributed by atoms with E-state index in [1.54, 1.807) is 0 Å². The van der Waals surface area contributed by atoms with Crippen LogP contribution in [0.15, 0.2) is 11.1 Å². The van der Waals surface area contributed by atoms with E-state index in [0.29, 0.717) is 0 Å². The maximum absolute atomic E-state index is 11.9. The number of nitrogens with zero attached hydrogens (tertiary/aromatic N) is 2. The molecule has 0 aromatic carbocycles. The quantitative estimate of drug-likeness (QED) is 0.605. The van der Waals surface area contributed by atoms with Gasteiger partial charge in [-0.3, -0.25) is 4.68 Å². The summed E-state index contributed by atoms with van der Waals surface area (Å²) >= 11 is 3.75. The molecule has 0 aliphatic rings. The van der Waals surface area contributed by atoms with Crippen LogP contribution in [0.3, 0.4) is 0 Å². The number of alkyl halides is 3. The van der Waals surface area contributed by atoms with Crippen LogP contribution in [-0.4, -0.2) is 9.78 Å². The lowest BCUT2D eigenvalue weighted by atomic mass is 10.4. The first-order chi connectivity index (χ1) is 4.91. The van der Waals surface area contributed by atoms with Crippen LogP contribution < -0.4 is 0 Å². The third-order valence-corrected chi connectivity index (χ3v) is 1.56. The van der Waals surface area contributed by atoms with E-state index in [0.717, 1.165) is 10.7 Å². The van der Waals surface area contributed by atoms with Crippen molar-refractivity contribution in [2.75, 3.05) is 0 Å². The average molecular weight is 182 g/mol. The second-order valence-corrected chi connectivity index (χ2v) is 2.47. The topological polar surface area (TPSA) is 17.8 Å². The first-order valence-electron chi connectivity index (χ1n) is 2.71. The molecule has 0 spiro atoms. The van der Waals surface area contributed by atoms with E-state index in [4.69, 9.17) is 0 Å². The summed E-state index contributed by atoms with van der Waals surface area (Å²) in [6.45, 7) is 0. The maximum Gasteiger partial charge on any atom is 0.435 e. The Balaban J connectivity index is 3.08. The molecule has 1 rings (SSSR count). The molecule has 0 aliphatic carbocycles. The minimum absolute atomic E-state index is 0.192. The fraction of sp³-hybridized carbons (Fsp3) is 0.400. The molecular formula is C5H5F3N2S. The summed E-state index contributed by atoms with van der Waals surface area (Å²) in [7, 11) is 1.40. The Morgan fingerprint density at radius 3 is 2.27 bits per heavy atom. The number of thiol groups is 1. The molecule has 0 saturated carbocycles. The number of aryl methyl sites for hydroxylation is 1. The van der Waals surface area contributed by atoms with Gasteiger partial charge in [0.15, 0.2) is 5.69 Å². The Labute approximate surface area is 66.4 Å². The lowest BCUT2D eigenvalue weighted by Crippen LogP contribution is -2.06. The standard InChI is InChI=1S/C5H5F3N2S/c1-10-4(11)2-3(9-10)5(6,7)8/h2,11H,1H3. The van der Waals surface area contributed by atoms with Gasteiger partial charge in [-0.2, -0.15) is 18.3 Å². The number of halogens is 3. The maximum atomic E-state index is 11.9. The van der Waals surface area contributed by atoms with Crippen molar-refractivity contribution in [2.45, 2.75) is 11.2 Å². The van der Waals surface area contributed by atoms with E-state index < -0.39 is 11.9 Å². The van der Waals surface area contributed by atoms with E-state index in [1.165, 1.54) is 7.05 Å². The fourth-order valence-corrected chi connectivity index (χ4v) is 0.763. The van der Waals surface area contributed by atoms with Crippen molar-refractivity contribution >= 4 is 12.6 Å². The average Bonchev–Trinajstić information content (AvgIpc) is 2.11. The predicted octanol–water partition coefficient (Wildman–Crippen LogP) is 1.73. The molecule has 1 aromatic rings. The highest BCUT2D eigenvalue weighted by Crippen LogP contribution is 2.28. The van der Waals surface area contributed by atoms with Crippen LogP contribution >= 0.6 is 12.6 Å². The molecule has 0 saturated heterocycles. The highest BCUT2D eigenvalue weighted by atomic mass is 32.1. The normalized spacial score (nSPS) is 12.1. The van der Waals surface area contributed by atoms with Crippen molar-refractivity contribution in [3.05, 3.63) is 11.8 Å². The Hall–Kier alpha value is -0.650. The predicted molar refractivity (Wildman–Crippen MR) is 35.5 cm³/mol. The Morgan fingerprint density at radius 2 is 2.09 bits per heavy atom. The van der Waals surface area contributed by atoms with E-state index in [9.17, 15) is 13.2 Å². The van der Waals surface area contributed by atoms with Gasteiger partial charge < -0.3 is 0 Å². The van der Waals surface area contributed by atoms with Gasteiger partial charge >= 0.3 is 6.18 Å². The number of rotatable bonds is 0. The summed E-state index contributed by atoms with van der Waals surface area (Å²) < 4.78 is 36.7. The van der Waals surface area contributed by atoms with Crippen molar-refractivity contribution in [3.8, 4) is 0 Å². The summed E-state index contributed by atoms with van der Waals surface area (Å²) in [6.07, 6.45) is -4.38. The summed E-state index contributed by atoms with van der Waals surface area (Å²) in [4.78, 5) is 0. The molecule has 2 nitrogen and oxygen atoms in total. The molecule has 1 aromatic heterocycles. The first-order valence-corrected chi connectivity index (χ1v) is 3.16. The van der Waals surface area contributed by atoms with E-state index >= 15 is 0 Å². The zero-order chi connectivity index (χ0) is 8.65. The monoisotopic (exact) mass is 182 g/mol. The summed E-state index contributed by atoms with van der Waals surface area (Å²) in [5.74, 6) is 0. The second-order valence-electron chi connectivity index (χ2n) is 2.01. The van der Waals surface area contributed by atoms with Crippen LogP contribution in [-0.2, 0) is 13.2 Å². The van der Waals surface area contributed by atoms with Crippen molar-refractivity contribution < 1.29 is 13.2 Å². The second kappa shape index (κ2) is 2.44. The highest BCUT2D eigenvalue weighted by Gasteiger charge is 2.34. The van der Waals surface area contributed by atoms with Crippen LogP contribution in [0.1, 0.15) is 5.69 Å². The minimum atomic E-state index is -4.38. The third kappa shape index (κ3) is 1.68. The van der Waals surface area contributed by atoms with E-state index in [-0.39, 0.29) is 5.03 Å². The van der Waals surface area contributed by atoms with E-state index in [2.05, 4.69) is 17.7 Å². The van der Waals surface area contributed by atoms with E-state index in [1.807, 2.05) is 0 Å². The Morgan fingerprint density at radius 1 is 1.55 bits per heavy atom. The van der Waals surface area contributed by atoms with Gasteiger partial charge in [0.1, 0.15) is 0 Å². The van der Waals surface area contributed by atoms with Crippen molar-refractivity contribution in [2.24, 2.45) is 7.05 Å². The molecule has 0 atom stereocenters. The molecule has 1 heterocycles. The number of aromatic nitrogens is 2. The van der Waals surface area contributed by atoms with Gasteiger partial charge in [-0.05, 0) is 0 Å². The lowest BCUT2D eigenvalue weighted by molar-refractivity contribution is -0.141. The molecule has 62 valence electrons. The lowest BCUT2D eigenvalue weighted by Gasteiger charge is -1.98. The third-order valence-electron chi connectivity index (χ3n) is 1.15. The molecule has 0 aliphatic heterocycles. The first kappa shape index (κ1) is 8.45. The molecule has 6 heteroatoms. The van der Waals surface area contributed by atoms with Gasteiger partial charge in [-0.15, -0.1) is 12.6 Å². The molecular weight excluding hydrogens is 177 g/mol. The van der Waals surface area contributed by atoms with Crippen molar-refractivity contribution in [1.82, 2.24) is 9.78 Å². The zero-order valence-electron chi connectivity index (χ0n) is 5.55. The minimum Gasteiger partial charge on any atom is -0.262 e. The van der Waals surface area contributed by atoms with Gasteiger partial charge in [-0.1, -0.05) is 0 Å². The highest BCUT2D eigenvalue weighted by molar-refractivity contribution is 7.80. The van der Waals surface area contributed by atoms with Gasteiger partial charge in [-0.25, -0.2) is 0 Å². The number of hydrogen-bond donors (Lipinski definition) is 1. The SMILES string of the molecule is Cn1nc(C(F)(F)F)cc1S. The van der Waals surface area contributed by atoms with Crippen LogP contribution in [0.25, 0.3) is 0 Å². The summed E-state index contributed by atoms with van der Waals surface area (Å²) in [6, 6.07) is 0.878. The molecule has 11 heavy (non-hydrogen) atoms. The van der Waals surface area contributed by atoms with Crippen LogP contribution in [0, 0.1) is 0 Å². The zero-order valence-corrected chi connectivity index (χ0v) is 6.45. The summed E-state index contributed by atoms with van der Waals surface area (Å²) in [5.41, 5.74) is -0.912. The smallest absolute Gasteiger partial charge is 0.262 e. The van der Waals surface area contributed by atoms with Gasteiger partial charge in [0.05, 0.1) is 5.03 Å². The summed E-state index contributed by atoms with van der Waals surface area (Å²) in [5, 5.41) is 3.39. The van der Waals surface area contributed by atoms with Crippen molar-refractivity contribution in [3.63, 3.8) is 0 Å². The Bertz CT molecular complexity index is 246. The van der Waals surface area contributed by atoms with Gasteiger partial charge in [0.2, 0.25) is 0 Å². The van der Waals surface area contributed by atoms with Crippen LogP contribution in [0.5, 0.6) is 0 Å². The molecule has 0 radical (unpaired) electrons. The van der Waals surface area contributed by atoms with Gasteiger partial charge in [0, 0.05) is 13.1 Å².